The van der Waals surface area contributed by atoms with Gasteiger partial charge in [0, 0.05) is 3.57 Å². The van der Waals surface area contributed by atoms with Crippen molar-refractivity contribution >= 4 is 38.5 Å². The lowest BCUT2D eigenvalue weighted by Crippen LogP contribution is -2.31. The SMILES string of the molecule is O=C(Cc1ccccc1I)NS(=O)(=O)c1ccccc1. The molecule has 6 heteroatoms. The maximum atomic E-state index is 12.0. The Kier molecular flexibility index (Phi) is 4.77. The Labute approximate surface area is 131 Å². The molecule has 0 saturated heterocycles. The Bertz CT molecular complexity index is 714. The molecule has 2 aromatic rings. The van der Waals surface area contributed by atoms with E-state index in [-0.39, 0.29) is 11.3 Å². The van der Waals surface area contributed by atoms with E-state index in [1.165, 1.54) is 12.1 Å². The van der Waals surface area contributed by atoms with Gasteiger partial charge in [0.2, 0.25) is 5.91 Å². The van der Waals surface area contributed by atoms with Gasteiger partial charge in [0.15, 0.2) is 0 Å². The van der Waals surface area contributed by atoms with Crippen molar-refractivity contribution in [1.82, 2.24) is 4.72 Å². The van der Waals surface area contributed by atoms with E-state index in [0.29, 0.717) is 0 Å². The third-order valence-corrected chi connectivity index (χ3v) is 5.05. The highest BCUT2D eigenvalue weighted by molar-refractivity contribution is 14.1. The first-order chi connectivity index (χ1) is 9.49. The van der Waals surface area contributed by atoms with Crippen molar-refractivity contribution < 1.29 is 13.2 Å². The van der Waals surface area contributed by atoms with Crippen molar-refractivity contribution in [3.63, 3.8) is 0 Å². The van der Waals surface area contributed by atoms with Crippen LogP contribution in [0.2, 0.25) is 0 Å². The molecule has 0 unspecified atom stereocenters. The number of nitrogens with one attached hydrogen (secondary N) is 1. The van der Waals surface area contributed by atoms with Crippen LogP contribution in [0.15, 0.2) is 59.5 Å². The highest BCUT2D eigenvalue weighted by Gasteiger charge is 2.17. The summed E-state index contributed by atoms with van der Waals surface area (Å²) in [5.74, 6) is -0.544. The molecule has 0 bridgehead atoms. The molecule has 0 aliphatic carbocycles. The van der Waals surface area contributed by atoms with Crippen molar-refractivity contribution in [2.45, 2.75) is 11.3 Å². The maximum Gasteiger partial charge on any atom is 0.264 e. The fraction of sp³-hybridized carbons (Fsp3) is 0.0714. The van der Waals surface area contributed by atoms with Gasteiger partial charge < -0.3 is 0 Å². The number of carbonyl (C=O) groups excluding carboxylic acids is 1. The minimum atomic E-state index is -3.79. The van der Waals surface area contributed by atoms with Crippen LogP contribution >= 0.6 is 22.6 Å². The average molecular weight is 401 g/mol. The zero-order valence-corrected chi connectivity index (χ0v) is 13.4. The van der Waals surface area contributed by atoms with Crippen LogP contribution in [0.25, 0.3) is 0 Å². The summed E-state index contributed by atoms with van der Waals surface area (Å²) in [7, 11) is -3.79. The second-order valence-corrected chi connectivity index (χ2v) is 6.95. The Morgan fingerprint density at radius 2 is 1.60 bits per heavy atom. The van der Waals surface area contributed by atoms with Gasteiger partial charge in [-0.05, 0) is 46.4 Å². The molecule has 1 amide bonds. The highest BCUT2D eigenvalue weighted by atomic mass is 127. The largest absolute Gasteiger partial charge is 0.274 e. The Balaban J connectivity index is 2.11. The molecule has 0 fully saturated rings. The third kappa shape index (κ3) is 3.80. The molecule has 0 spiro atoms. The van der Waals surface area contributed by atoms with E-state index < -0.39 is 15.9 Å². The van der Waals surface area contributed by atoms with Crippen LogP contribution in [-0.4, -0.2) is 14.3 Å². The first kappa shape index (κ1) is 15.0. The Morgan fingerprint density at radius 1 is 1.00 bits per heavy atom. The minimum absolute atomic E-state index is 0.0329. The lowest BCUT2D eigenvalue weighted by molar-refractivity contribution is -0.118. The van der Waals surface area contributed by atoms with E-state index in [1.54, 1.807) is 24.3 Å². The highest BCUT2D eigenvalue weighted by Crippen LogP contribution is 2.13. The summed E-state index contributed by atoms with van der Waals surface area (Å²) < 4.78 is 27.0. The summed E-state index contributed by atoms with van der Waals surface area (Å²) in [5.41, 5.74) is 0.800. The predicted molar refractivity (Wildman–Crippen MR) is 84.6 cm³/mol. The molecule has 2 rings (SSSR count). The summed E-state index contributed by atoms with van der Waals surface area (Å²) in [6, 6.07) is 15.2. The van der Waals surface area contributed by atoms with Crippen molar-refractivity contribution in [3.8, 4) is 0 Å². The monoisotopic (exact) mass is 401 g/mol. The predicted octanol–water partition coefficient (Wildman–Crippen LogP) is 2.34. The van der Waals surface area contributed by atoms with Gasteiger partial charge >= 0.3 is 0 Å². The minimum Gasteiger partial charge on any atom is -0.274 e. The van der Waals surface area contributed by atoms with Gasteiger partial charge in [0.05, 0.1) is 11.3 Å². The molecule has 0 aromatic heterocycles. The number of sulfonamides is 1. The summed E-state index contributed by atoms with van der Waals surface area (Å²) in [4.78, 5) is 11.9. The number of hydrogen-bond donors (Lipinski definition) is 1. The molecule has 0 radical (unpaired) electrons. The number of hydrogen-bond acceptors (Lipinski definition) is 3. The fourth-order valence-corrected chi connectivity index (χ4v) is 3.24. The number of rotatable bonds is 4. The van der Waals surface area contributed by atoms with Gasteiger partial charge in [0.1, 0.15) is 0 Å². The Morgan fingerprint density at radius 3 is 2.25 bits per heavy atom. The zero-order valence-electron chi connectivity index (χ0n) is 10.4. The van der Waals surface area contributed by atoms with Gasteiger partial charge in [-0.1, -0.05) is 36.4 Å². The van der Waals surface area contributed by atoms with Gasteiger partial charge in [0.25, 0.3) is 10.0 Å². The first-order valence-electron chi connectivity index (χ1n) is 5.83. The van der Waals surface area contributed by atoms with E-state index in [2.05, 4.69) is 27.3 Å². The van der Waals surface area contributed by atoms with Gasteiger partial charge in [-0.25, -0.2) is 13.1 Å². The van der Waals surface area contributed by atoms with Crippen LogP contribution in [0.1, 0.15) is 5.56 Å². The van der Waals surface area contributed by atoms with Crippen LogP contribution in [0, 0.1) is 3.57 Å². The number of benzene rings is 2. The number of carbonyl (C=O) groups is 1. The van der Waals surface area contributed by atoms with Gasteiger partial charge in [-0.3, -0.25) is 4.79 Å². The average Bonchev–Trinajstić information content (AvgIpc) is 2.42. The van der Waals surface area contributed by atoms with Crippen LogP contribution in [0.4, 0.5) is 0 Å². The molecule has 0 aliphatic heterocycles. The van der Waals surface area contributed by atoms with E-state index >= 15 is 0 Å². The molecule has 20 heavy (non-hydrogen) atoms. The Hall–Kier alpha value is -1.41. The summed E-state index contributed by atoms with van der Waals surface area (Å²) in [5, 5.41) is 0. The van der Waals surface area contributed by atoms with E-state index in [4.69, 9.17) is 0 Å². The third-order valence-electron chi connectivity index (χ3n) is 2.61. The molecular formula is C14H12INO3S. The molecule has 4 nitrogen and oxygen atoms in total. The quantitative estimate of drug-likeness (QED) is 0.801. The smallest absolute Gasteiger partial charge is 0.264 e. The molecule has 2 aromatic carbocycles. The molecule has 0 atom stereocenters. The maximum absolute atomic E-state index is 12.0. The number of halogens is 1. The summed E-state index contributed by atoms with van der Waals surface area (Å²) >= 11 is 2.11. The first-order valence-corrected chi connectivity index (χ1v) is 8.39. The van der Waals surface area contributed by atoms with Crippen molar-refractivity contribution in [2.24, 2.45) is 0 Å². The normalized spacial score (nSPS) is 11.1. The second kappa shape index (κ2) is 6.36. The molecule has 0 aliphatic rings. The zero-order chi connectivity index (χ0) is 14.6. The van der Waals surface area contributed by atoms with Crippen LogP contribution in [-0.2, 0) is 21.2 Å². The molecular weight excluding hydrogens is 389 g/mol. The van der Waals surface area contributed by atoms with Crippen LogP contribution in [0.3, 0.4) is 0 Å². The van der Waals surface area contributed by atoms with E-state index in [0.717, 1.165) is 9.13 Å². The van der Waals surface area contributed by atoms with Crippen molar-refractivity contribution in [2.75, 3.05) is 0 Å². The lowest BCUT2D eigenvalue weighted by atomic mass is 10.1. The lowest BCUT2D eigenvalue weighted by Gasteiger charge is -2.07. The van der Waals surface area contributed by atoms with Gasteiger partial charge in [-0.15, -0.1) is 0 Å². The molecule has 0 saturated carbocycles. The van der Waals surface area contributed by atoms with Crippen molar-refractivity contribution in [1.29, 1.82) is 0 Å². The molecule has 0 heterocycles. The second-order valence-electron chi connectivity index (χ2n) is 4.11. The summed E-state index contributed by atoms with van der Waals surface area (Å²) in [6.45, 7) is 0. The van der Waals surface area contributed by atoms with E-state index in [1.807, 2.05) is 18.2 Å². The topological polar surface area (TPSA) is 63.2 Å². The van der Waals surface area contributed by atoms with Crippen LogP contribution in [0.5, 0.6) is 0 Å². The molecule has 1 N–H and O–H groups in total. The fourth-order valence-electron chi connectivity index (χ4n) is 1.66. The summed E-state index contributed by atoms with van der Waals surface area (Å²) in [6.07, 6.45) is 0.0329. The number of amides is 1. The van der Waals surface area contributed by atoms with Gasteiger partial charge in [-0.2, -0.15) is 0 Å². The van der Waals surface area contributed by atoms with Crippen molar-refractivity contribution in [3.05, 3.63) is 63.7 Å². The standard InChI is InChI=1S/C14H12INO3S/c15-13-9-5-4-6-11(13)10-14(17)16-20(18,19)12-7-2-1-3-8-12/h1-9H,10H2,(H,16,17). The van der Waals surface area contributed by atoms with E-state index in [9.17, 15) is 13.2 Å². The van der Waals surface area contributed by atoms with Crippen LogP contribution < -0.4 is 4.72 Å². The molecule has 104 valence electrons.